The second-order valence-electron chi connectivity index (χ2n) is 9.28. The third-order valence-corrected chi connectivity index (χ3v) is 8.53. The van der Waals surface area contributed by atoms with Crippen LogP contribution >= 0.6 is 11.6 Å². The first-order valence-corrected chi connectivity index (χ1v) is 14.1. The molecule has 1 N–H and O–H groups in total. The number of hydrogen-bond acceptors (Lipinski definition) is 4. The number of amides is 1. The highest BCUT2D eigenvalue weighted by Gasteiger charge is 2.28. The number of carbonyl (C=O) groups is 1. The molecule has 0 saturated carbocycles. The Labute approximate surface area is 232 Å². The lowest BCUT2D eigenvalue weighted by molar-refractivity contribution is -0.119. The summed E-state index contributed by atoms with van der Waals surface area (Å²) in [5, 5.41) is 8.79. The minimum absolute atomic E-state index is 0.0842. The molecule has 0 aliphatic heterocycles. The molecule has 5 aromatic carbocycles. The van der Waals surface area contributed by atoms with E-state index < -0.39 is 22.5 Å². The topological polar surface area (TPSA) is 78.8 Å². The van der Waals surface area contributed by atoms with Gasteiger partial charge >= 0.3 is 0 Å². The smallest absolute Gasteiger partial charge is 0.264 e. The molecule has 0 atom stereocenters. The van der Waals surface area contributed by atoms with Crippen molar-refractivity contribution in [3.63, 3.8) is 0 Å². The van der Waals surface area contributed by atoms with Crippen LogP contribution in [0.4, 0.5) is 5.69 Å². The maximum Gasteiger partial charge on any atom is 0.264 e. The first kappa shape index (κ1) is 26.4. The largest absolute Gasteiger partial charge is 0.271 e. The van der Waals surface area contributed by atoms with Crippen LogP contribution in [0.15, 0.2) is 107 Å². The molecule has 5 aromatic rings. The second-order valence-corrected chi connectivity index (χ2v) is 11.6. The van der Waals surface area contributed by atoms with Crippen molar-refractivity contribution in [3.8, 4) is 0 Å². The Hall–Kier alpha value is -4.20. The van der Waals surface area contributed by atoms with Crippen LogP contribution in [0.25, 0.3) is 21.5 Å². The first-order valence-electron chi connectivity index (χ1n) is 12.3. The number of sulfonamides is 1. The molecule has 0 aromatic heterocycles. The van der Waals surface area contributed by atoms with Crippen LogP contribution in [0.1, 0.15) is 16.7 Å². The van der Waals surface area contributed by atoms with Gasteiger partial charge in [0.05, 0.1) is 16.8 Å². The number of aryl methyl sites for hydroxylation is 2. The highest BCUT2D eigenvalue weighted by molar-refractivity contribution is 7.92. The highest BCUT2D eigenvalue weighted by Crippen LogP contribution is 2.29. The molecule has 196 valence electrons. The summed E-state index contributed by atoms with van der Waals surface area (Å²) in [5.74, 6) is -0.583. The second kappa shape index (κ2) is 10.9. The van der Waals surface area contributed by atoms with Gasteiger partial charge in [0.25, 0.3) is 15.9 Å². The van der Waals surface area contributed by atoms with E-state index in [1.807, 2.05) is 55.5 Å². The molecule has 0 heterocycles. The van der Waals surface area contributed by atoms with Gasteiger partial charge in [0.15, 0.2) is 0 Å². The summed E-state index contributed by atoms with van der Waals surface area (Å²) in [5.41, 5.74) is 5.29. The average Bonchev–Trinajstić information content (AvgIpc) is 2.92. The molecule has 1 amide bonds. The van der Waals surface area contributed by atoms with Crippen LogP contribution in [-0.4, -0.2) is 27.1 Å². The molecule has 0 radical (unpaired) electrons. The summed E-state index contributed by atoms with van der Waals surface area (Å²) in [6.45, 7) is 3.16. The molecule has 0 aliphatic rings. The van der Waals surface area contributed by atoms with Gasteiger partial charge in [-0.05, 0) is 77.4 Å². The fourth-order valence-corrected chi connectivity index (χ4v) is 6.27. The van der Waals surface area contributed by atoms with Crippen molar-refractivity contribution in [1.82, 2.24) is 5.43 Å². The minimum Gasteiger partial charge on any atom is -0.271 e. The zero-order valence-corrected chi connectivity index (χ0v) is 23.0. The summed E-state index contributed by atoms with van der Waals surface area (Å²) in [6, 6.07) is 29.4. The maximum atomic E-state index is 13.7. The summed E-state index contributed by atoms with van der Waals surface area (Å²) in [6.07, 6.45) is 1.61. The predicted molar refractivity (Wildman–Crippen MR) is 159 cm³/mol. The zero-order chi connectivity index (χ0) is 27.6. The number of fused-ring (bicyclic) bond motifs is 2. The predicted octanol–water partition coefficient (Wildman–Crippen LogP) is 6.61. The van der Waals surface area contributed by atoms with Gasteiger partial charge in [0, 0.05) is 10.6 Å². The van der Waals surface area contributed by atoms with Gasteiger partial charge in [-0.2, -0.15) is 5.10 Å². The number of benzene rings is 5. The standard InChI is InChI=1S/C31H26ClN3O3S/c1-21-11-14-26(15-12-21)39(37,38)35(30-16-13-25(32)17-22(30)2)20-31(36)34-33-19-29-27-9-5-3-7-23(27)18-24-8-4-6-10-28(24)29/h3-19H,20H2,1-2H3,(H,34,36)/b33-19-. The monoisotopic (exact) mass is 555 g/mol. The Balaban J connectivity index is 1.46. The van der Waals surface area contributed by atoms with Crippen molar-refractivity contribution in [2.75, 3.05) is 10.8 Å². The first-order chi connectivity index (χ1) is 18.7. The fraction of sp³-hybridized carbons (Fsp3) is 0.0968. The van der Waals surface area contributed by atoms with E-state index >= 15 is 0 Å². The quantitative estimate of drug-likeness (QED) is 0.139. The molecule has 0 spiro atoms. The molecule has 0 unspecified atom stereocenters. The van der Waals surface area contributed by atoms with Gasteiger partial charge in [-0.15, -0.1) is 0 Å². The fourth-order valence-electron chi connectivity index (χ4n) is 4.56. The van der Waals surface area contributed by atoms with Crippen LogP contribution in [-0.2, 0) is 14.8 Å². The lowest BCUT2D eigenvalue weighted by atomic mass is 9.97. The lowest BCUT2D eigenvalue weighted by Crippen LogP contribution is -2.40. The van der Waals surface area contributed by atoms with E-state index in [-0.39, 0.29) is 4.90 Å². The van der Waals surface area contributed by atoms with Crippen LogP contribution in [0.2, 0.25) is 5.02 Å². The Kier molecular flexibility index (Phi) is 7.37. The zero-order valence-electron chi connectivity index (χ0n) is 21.4. The number of nitrogens with one attached hydrogen (secondary N) is 1. The van der Waals surface area contributed by atoms with Crippen molar-refractivity contribution in [1.29, 1.82) is 0 Å². The number of hydrogen-bond donors (Lipinski definition) is 1. The lowest BCUT2D eigenvalue weighted by Gasteiger charge is -2.25. The summed E-state index contributed by atoms with van der Waals surface area (Å²) in [7, 11) is -4.06. The Morgan fingerprint density at radius 3 is 2.10 bits per heavy atom. The van der Waals surface area contributed by atoms with Gasteiger partial charge in [-0.3, -0.25) is 9.10 Å². The van der Waals surface area contributed by atoms with Gasteiger partial charge in [0.2, 0.25) is 0 Å². The van der Waals surface area contributed by atoms with E-state index in [1.54, 1.807) is 43.5 Å². The van der Waals surface area contributed by atoms with E-state index in [4.69, 9.17) is 11.6 Å². The molecule has 8 heteroatoms. The van der Waals surface area contributed by atoms with E-state index in [9.17, 15) is 13.2 Å². The number of nitrogens with zero attached hydrogens (tertiary/aromatic N) is 2. The van der Waals surface area contributed by atoms with Crippen LogP contribution < -0.4 is 9.73 Å². The van der Waals surface area contributed by atoms with Crippen LogP contribution in [0, 0.1) is 13.8 Å². The van der Waals surface area contributed by atoms with Crippen molar-refractivity contribution < 1.29 is 13.2 Å². The molecule has 0 bridgehead atoms. The summed E-state index contributed by atoms with van der Waals surface area (Å²) >= 11 is 6.12. The van der Waals surface area contributed by atoms with Crippen molar-refractivity contribution in [2.24, 2.45) is 5.10 Å². The van der Waals surface area contributed by atoms with Gasteiger partial charge in [0.1, 0.15) is 6.54 Å². The number of anilines is 1. The van der Waals surface area contributed by atoms with Crippen molar-refractivity contribution in [2.45, 2.75) is 18.7 Å². The molecule has 0 aliphatic carbocycles. The molecular weight excluding hydrogens is 530 g/mol. The van der Waals surface area contributed by atoms with E-state index in [0.29, 0.717) is 16.3 Å². The minimum atomic E-state index is -4.06. The Morgan fingerprint density at radius 1 is 0.872 bits per heavy atom. The molecule has 6 nitrogen and oxygen atoms in total. The third-order valence-electron chi connectivity index (χ3n) is 6.52. The normalized spacial score (nSPS) is 11.8. The highest BCUT2D eigenvalue weighted by atomic mass is 35.5. The molecular formula is C31H26ClN3O3S. The Morgan fingerprint density at radius 2 is 1.49 bits per heavy atom. The number of hydrazone groups is 1. The number of halogens is 1. The molecule has 5 rings (SSSR count). The van der Waals surface area contributed by atoms with E-state index in [2.05, 4.69) is 16.6 Å². The molecule has 39 heavy (non-hydrogen) atoms. The van der Waals surface area contributed by atoms with Crippen LogP contribution in [0.5, 0.6) is 0 Å². The third kappa shape index (κ3) is 5.50. The maximum absolute atomic E-state index is 13.7. The summed E-state index contributed by atoms with van der Waals surface area (Å²) < 4.78 is 28.4. The Bertz CT molecular complexity index is 1780. The number of rotatable bonds is 7. The van der Waals surface area contributed by atoms with E-state index in [1.165, 1.54) is 12.1 Å². The average molecular weight is 556 g/mol. The molecule has 0 saturated heterocycles. The van der Waals surface area contributed by atoms with Crippen LogP contribution in [0.3, 0.4) is 0 Å². The van der Waals surface area contributed by atoms with Gasteiger partial charge < -0.3 is 0 Å². The van der Waals surface area contributed by atoms with Gasteiger partial charge in [-0.1, -0.05) is 77.8 Å². The van der Waals surface area contributed by atoms with Gasteiger partial charge in [-0.25, -0.2) is 13.8 Å². The summed E-state index contributed by atoms with van der Waals surface area (Å²) in [4.78, 5) is 13.2. The van der Waals surface area contributed by atoms with Crippen molar-refractivity contribution >= 4 is 61.0 Å². The molecule has 0 fully saturated rings. The van der Waals surface area contributed by atoms with Crippen molar-refractivity contribution in [3.05, 3.63) is 119 Å². The SMILES string of the molecule is Cc1ccc(S(=O)(=O)N(CC(=O)N/N=C\c2c3ccccc3cc3ccccc23)c2ccc(Cl)cc2C)cc1. The number of carbonyl (C=O) groups excluding carboxylic acids is 1. The van der Waals surface area contributed by atoms with E-state index in [0.717, 1.165) is 37.0 Å².